The van der Waals surface area contributed by atoms with E-state index < -0.39 is 23.7 Å². The summed E-state index contributed by atoms with van der Waals surface area (Å²) in [5.74, 6) is -0.987. The Balaban J connectivity index is 2.14. The molecule has 2 rings (SSSR count). The second-order valence-electron chi connectivity index (χ2n) is 6.31. The van der Waals surface area contributed by atoms with Crippen LogP contribution in [0, 0.1) is 0 Å². The number of ether oxygens (including phenoxy) is 1. The van der Waals surface area contributed by atoms with E-state index in [1.807, 2.05) is 4.90 Å². The quantitative estimate of drug-likeness (QED) is 0.747. The first-order valence-corrected chi connectivity index (χ1v) is 6.65. The Kier molecular flexibility index (Phi) is 3.73. The van der Waals surface area contributed by atoms with Crippen LogP contribution in [0.2, 0.25) is 0 Å². The van der Waals surface area contributed by atoms with E-state index in [1.54, 1.807) is 20.8 Å². The Bertz CT molecular complexity index is 443. The molecule has 1 N–H and O–H groups in total. The molecule has 2 aliphatic rings. The minimum absolute atomic E-state index is 0.0881. The summed E-state index contributed by atoms with van der Waals surface area (Å²) in [5, 5.41) is 9.28. The van der Waals surface area contributed by atoms with E-state index in [2.05, 4.69) is 0 Å². The first-order valence-electron chi connectivity index (χ1n) is 6.65. The van der Waals surface area contributed by atoms with Crippen LogP contribution >= 0.6 is 0 Å². The van der Waals surface area contributed by atoms with Crippen LogP contribution in [0.3, 0.4) is 0 Å². The molecule has 0 spiro atoms. The fourth-order valence-electron chi connectivity index (χ4n) is 2.61. The van der Waals surface area contributed by atoms with Crippen LogP contribution in [0.1, 0.15) is 27.2 Å². The van der Waals surface area contributed by atoms with E-state index in [4.69, 9.17) is 4.74 Å². The van der Waals surface area contributed by atoms with Gasteiger partial charge in [0, 0.05) is 25.6 Å². The maximum Gasteiger partial charge on any atom is 0.411 e. The molecule has 0 aromatic carbocycles. The van der Waals surface area contributed by atoms with Crippen molar-refractivity contribution in [1.29, 1.82) is 0 Å². The lowest BCUT2D eigenvalue weighted by molar-refractivity contribution is -0.146. The smallest absolute Gasteiger partial charge is 0.411 e. The zero-order chi connectivity index (χ0) is 15.1. The number of piperazine rings is 1. The number of hydrogen-bond donors (Lipinski definition) is 1. The minimum atomic E-state index is -1.08. The van der Waals surface area contributed by atoms with Gasteiger partial charge in [-0.15, -0.1) is 0 Å². The van der Waals surface area contributed by atoms with Crippen molar-refractivity contribution in [2.24, 2.45) is 0 Å². The molecule has 112 valence electrons. The van der Waals surface area contributed by atoms with Crippen molar-refractivity contribution in [1.82, 2.24) is 9.80 Å². The third-order valence-electron chi connectivity index (χ3n) is 3.46. The highest BCUT2D eigenvalue weighted by molar-refractivity contribution is 5.85. The number of ketones is 1. The van der Waals surface area contributed by atoms with E-state index in [-0.39, 0.29) is 31.5 Å². The van der Waals surface area contributed by atoms with E-state index in [0.717, 1.165) is 0 Å². The highest BCUT2D eigenvalue weighted by Gasteiger charge is 2.45. The molecule has 0 aromatic rings. The number of aliphatic carboxylic acids is 1. The molecule has 0 bridgehead atoms. The number of fused-ring (bicyclic) bond motifs is 1. The van der Waals surface area contributed by atoms with Crippen molar-refractivity contribution in [2.75, 3.05) is 19.6 Å². The van der Waals surface area contributed by atoms with Crippen molar-refractivity contribution in [3.05, 3.63) is 0 Å². The monoisotopic (exact) mass is 284 g/mol. The Morgan fingerprint density at radius 3 is 2.50 bits per heavy atom. The Morgan fingerprint density at radius 2 is 1.95 bits per heavy atom. The van der Waals surface area contributed by atoms with Crippen LogP contribution in [-0.2, 0) is 14.3 Å². The van der Waals surface area contributed by atoms with Gasteiger partial charge in [0.1, 0.15) is 17.4 Å². The summed E-state index contributed by atoms with van der Waals surface area (Å²) in [6, 6.07) is -1.06. The first kappa shape index (κ1) is 14.8. The largest absolute Gasteiger partial charge is 0.480 e. The number of carbonyl (C=O) groups is 3. The van der Waals surface area contributed by atoms with Gasteiger partial charge in [-0.25, -0.2) is 9.59 Å². The fourth-order valence-corrected chi connectivity index (χ4v) is 2.61. The average molecular weight is 284 g/mol. The molecule has 2 unspecified atom stereocenters. The molecule has 20 heavy (non-hydrogen) atoms. The van der Waals surface area contributed by atoms with Gasteiger partial charge in [0.25, 0.3) is 0 Å². The third-order valence-corrected chi connectivity index (χ3v) is 3.46. The molecule has 0 aromatic heterocycles. The fraction of sp³-hybridized carbons (Fsp3) is 0.769. The van der Waals surface area contributed by atoms with Crippen molar-refractivity contribution in [3.63, 3.8) is 0 Å². The minimum Gasteiger partial charge on any atom is -0.480 e. The average Bonchev–Trinajstić information content (AvgIpc) is 2.63. The van der Waals surface area contributed by atoms with E-state index in [0.29, 0.717) is 6.42 Å². The Morgan fingerprint density at radius 1 is 1.30 bits per heavy atom. The molecular formula is C13H20N2O5. The summed E-state index contributed by atoms with van der Waals surface area (Å²) < 4.78 is 5.25. The predicted octanol–water partition coefficient (Wildman–Crippen LogP) is 0.334. The van der Waals surface area contributed by atoms with Gasteiger partial charge in [-0.05, 0) is 20.8 Å². The highest BCUT2D eigenvalue weighted by atomic mass is 16.6. The normalized spacial score (nSPS) is 27.4. The molecule has 7 nitrogen and oxygen atoms in total. The molecule has 0 aliphatic carbocycles. The van der Waals surface area contributed by atoms with Gasteiger partial charge >= 0.3 is 12.1 Å². The van der Waals surface area contributed by atoms with Crippen LogP contribution in [0.15, 0.2) is 0 Å². The topological polar surface area (TPSA) is 87.2 Å². The molecule has 2 aliphatic heterocycles. The number of hydrogen-bond acceptors (Lipinski definition) is 5. The molecule has 2 heterocycles. The molecule has 0 radical (unpaired) electrons. The molecule has 2 saturated heterocycles. The van der Waals surface area contributed by atoms with Crippen LogP contribution < -0.4 is 0 Å². The standard InChI is InChI=1S/C13H20N2O5/c1-13(2,3)20-12(19)15-5-8-4-9(16)6-14(8)7-10(15)11(17)18/h8,10H,4-7H2,1-3H3,(H,17,18). The van der Waals surface area contributed by atoms with Gasteiger partial charge in [-0.3, -0.25) is 14.6 Å². The Hall–Kier alpha value is -1.63. The van der Waals surface area contributed by atoms with Gasteiger partial charge in [0.15, 0.2) is 0 Å². The second-order valence-corrected chi connectivity index (χ2v) is 6.31. The van der Waals surface area contributed by atoms with Crippen LogP contribution in [-0.4, -0.2) is 70.1 Å². The van der Waals surface area contributed by atoms with Crippen LogP contribution in [0.4, 0.5) is 4.79 Å². The summed E-state index contributed by atoms with van der Waals surface area (Å²) >= 11 is 0. The summed E-state index contributed by atoms with van der Waals surface area (Å²) in [6.07, 6.45) is -0.269. The van der Waals surface area contributed by atoms with Crippen LogP contribution in [0.5, 0.6) is 0 Å². The summed E-state index contributed by atoms with van der Waals surface area (Å²) in [7, 11) is 0. The molecule has 0 saturated carbocycles. The number of carbonyl (C=O) groups excluding carboxylic acids is 2. The zero-order valence-electron chi connectivity index (χ0n) is 12.0. The molecule has 1 amide bonds. The lowest BCUT2D eigenvalue weighted by Crippen LogP contribution is -2.61. The van der Waals surface area contributed by atoms with Gasteiger partial charge < -0.3 is 9.84 Å². The molecular weight excluding hydrogens is 264 g/mol. The summed E-state index contributed by atoms with van der Waals surface area (Å²) in [5.41, 5.74) is -0.678. The van der Waals surface area contributed by atoms with Crippen molar-refractivity contribution >= 4 is 17.8 Å². The lowest BCUT2D eigenvalue weighted by atomic mass is 10.1. The SMILES string of the molecule is CC(C)(C)OC(=O)N1CC2CC(=O)CN2CC1C(=O)O. The van der Waals surface area contributed by atoms with Gasteiger partial charge in [-0.2, -0.15) is 0 Å². The number of rotatable bonds is 1. The van der Waals surface area contributed by atoms with Gasteiger partial charge in [0.2, 0.25) is 0 Å². The second kappa shape index (κ2) is 5.05. The van der Waals surface area contributed by atoms with E-state index in [9.17, 15) is 19.5 Å². The Labute approximate surface area is 117 Å². The zero-order valence-corrected chi connectivity index (χ0v) is 12.0. The van der Waals surface area contributed by atoms with E-state index >= 15 is 0 Å². The third kappa shape index (κ3) is 3.09. The molecule has 2 atom stereocenters. The van der Waals surface area contributed by atoms with Gasteiger partial charge in [-0.1, -0.05) is 0 Å². The maximum atomic E-state index is 12.1. The number of carboxylic acids is 1. The van der Waals surface area contributed by atoms with E-state index in [1.165, 1.54) is 4.90 Å². The number of nitrogens with zero attached hydrogens (tertiary/aromatic N) is 2. The predicted molar refractivity (Wildman–Crippen MR) is 69.3 cm³/mol. The number of amides is 1. The number of Topliss-reactive ketones (excluding diaryl/α,β-unsaturated/α-hetero) is 1. The van der Waals surface area contributed by atoms with Crippen LogP contribution in [0.25, 0.3) is 0 Å². The van der Waals surface area contributed by atoms with Crippen molar-refractivity contribution in [3.8, 4) is 0 Å². The summed E-state index contributed by atoms with van der Waals surface area (Å²) in [6.45, 7) is 5.86. The molecule has 2 fully saturated rings. The maximum absolute atomic E-state index is 12.1. The highest BCUT2D eigenvalue weighted by Crippen LogP contribution is 2.24. The van der Waals surface area contributed by atoms with Crippen molar-refractivity contribution < 1.29 is 24.2 Å². The first-order chi connectivity index (χ1) is 9.17. The summed E-state index contributed by atoms with van der Waals surface area (Å²) in [4.78, 5) is 38.0. The number of carboxylic acid groups (broad SMARTS) is 1. The van der Waals surface area contributed by atoms with Crippen molar-refractivity contribution in [2.45, 2.75) is 44.9 Å². The van der Waals surface area contributed by atoms with Gasteiger partial charge in [0.05, 0.1) is 6.54 Å². The molecule has 7 heteroatoms. The lowest BCUT2D eigenvalue weighted by Gasteiger charge is -2.41.